The number of nitrogens with one attached hydrogen (secondary N) is 1. The van der Waals surface area contributed by atoms with Crippen molar-refractivity contribution in [1.82, 2.24) is 30.1 Å². The number of aryl methyl sites for hydroxylation is 2. The lowest BCUT2D eigenvalue weighted by atomic mass is 10.00. The van der Waals surface area contributed by atoms with Crippen LogP contribution in [0.25, 0.3) is 10.9 Å². The second-order valence-electron chi connectivity index (χ2n) is 10.2. The van der Waals surface area contributed by atoms with E-state index in [1.165, 1.54) is 6.07 Å². The molecule has 0 bridgehead atoms. The molecule has 6 rings (SSSR count). The summed E-state index contributed by atoms with van der Waals surface area (Å²) in [5.41, 5.74) is 5.08. The van der Waals surface area contributed by atoms with Gasteiger partial charge in [0, 0.05) is 31.7 Å². The minimum atomic E-state index is -0.472. The number of piperazine rings is 1. The summed E-state index contributed by atoms with van der Waals surface area (Å²) in [4.78, 5) is 21.0. The van der Waals surface area contributed by atoms with E-state index in [4.69, 9.17) is 0 Å². The summed E-state index contributed by atoms with van der Waals surface area (Å²) in [6.07, 6.45) is 0. The molecule has 9 heteroatoms. The summed E-state index contributed by atoms with van der Waals surface area (Å²) in [5.74, 6) is 0.374. The molecule has 1 aliphatic rings. The number of nitrogens with zero attached hydrogens (tertiary/aromatic N) is 6. The first kappa shape index (κ1) is 24.9. The second kappa shape index (κ2) is 10.4. The van der Waals surface area contributed by atoms with Crippen LogP contribution in [0.1, 0.15) is 34.1 Å². The Morgan fingerprint density at radius 1 is 0.949 bits per heavy atom. The Morgan fingerprint density at radius 3 is 2.46 bits per heavy atom. The van der Waals surface area contributed by atoms with Gasteiger partial charge in [-0.3, -0.25) is 9.69 Å². The molecule has 3 aromatic carbocycles. The molecular formula is C30H30FN7O. The van der Waals surface area contributed by atoms with E-state index < -0.39 is 6.04 Å². The highest BCUT2D eigenvalue weighted by Crippen LogP contribution is 2.30. The Hall–Kier alpha value is -4.37. The fraction of sp³-hybridized carbons (Fsp3) is 0.267. The first-order chi connectivity index (χ1) is 19.0. The number of rotatable bonds is 6. The Labute approximate surface area is 225 Å². The highest BCUT2D eigenvalue weighted by atomic mass is 19.1. The van der Waals surface area contributed by atoms with Crippen LogP contribution in [0.15, 0.2) is 77.6 Å². The summed E-state index contributed by atoms with van der Waals surface area (Å²) in [7, 11) is 0. The van der Waals surface area contributed by atoms with Gasteiger partial charge >= 0.3 is 0 Å². The van der Waals surface area contributed by atoms with Crippen LogP contribution in [0.3, 0.4) is 0 Å². The minimum Gasteiger partial charge on any atom is -0.367 e. The summed E-state index contributed by atoms with van der Waals surface area (Å²) in [5, 5.41) is 13.7. The smallest absolute Gasteiger partial charge is 0.253 e. The molecule has 3 heterocycles. The summed E-state index contributed by atoms with van der Waals surface area (Å²) >= 11 is 0. The number of aromatic amines is 1. The normalized spacial score (nSPS) is 15.1. The van der Waals surface area contributed by atoms with Gasteiger partial charge in [-0.1, -0.05) is 54.1 Å². The number of halogens is 1. The Kier molecular flexibility index (Phi) is 6.66. The molecule has 1 saturated heterocycles. The molecule has 2 aromatic heterocycles. The summed E-state index contributed by atoms with van der Waals surface area (Å²) < 4.78 is 16.3. The van der Waals surface area contributed by atoms with Crippen molar-refractivity contribution in [3.8, 4) is 0 Å². The van der Waals surface area contributed by atoms with Gasteiger partial charge in [0.2, 0.25) is 0 Å². The number of tetrazole rings is 1. The first-order valence-corrected chi connectivity index (χ1v) is 13.2. The number of pyridine rings is 1. The summed E-state index contributed by atoms with van der Waals surface area (Å²) in [6, 6.07) is 22.5. The standard InChI is InChI=1S/C30H30FN7O/c1-20-16-21(2)27-23(17-20)18-24(30(39)32-27)28(29-33-34-35-38(29)19-22-8-4-3-5-9-22)37-14-12-36(13-15-37)26-11-7-6-10-25(26)31/h3-11,16-18,28H,12-15,19H2,1-2H3,(H,32,39)/t28-/m0/s1. The quantitative estimate of drug-likeness (QED) is 0.359. The maximum atomic E-state index is 14.5. The second-order valence-corrected chi connectivity index (χ2v) is 10.2. The third-order valence-corrected chi connectivity index (χ3v) is 7.47. The van der Waals surface area contributed by atoms with Crippen LogP contribution in [-0.4, -0.2) is 56.3 Å². The van der Waals surface area contributed by atoms with Gasteiger partial charge in [-0.25, -0.2) is 9.07 Å². The van der Waals surface area contributed by atoms with Gasteiger partial charge in [-0.2, -0.15) is 0 Å². The van der Waals surface area contributed by atoms with E-state index in [9.17, 15) is 9.18 Å². The third kappa shape index (κ3) is 4.93. The molecule has 0 radical (unpaired) electrons. The summed E-state index contributed by atoms with van der Waals surface area (Å²) in [6.45, 7) is 6.99. The highest BCUT2D eigenvalue weighted by molar-refractivity contribution is 5.83. The molecule has 1 atom stereocenters. The van der Waals surface area contributed by atoms with Crippen molar-refractivity contribution >= 4 is 16.6 Å². The number of hydrogen-bond donors (Lipinski definition) is 1. The first-order valence-electron chi connectivity index (χ1n) is 13.2. The van der Waals surface area contributed by atoms with Gasteiger partial charge in [0.25, 0.3) is 5.56 Å². The van der Waals surface area contributed by atoms with Crippen LogP contribution in [-0.2, 0) is 6.54 Å². The predicted octanol–water partition coefficient (Wildman–Crippen LogP) is 4.23. The lowest BCUT2D eigenvalue weighted by Crippen LogP contribution is -2.49. The Bertz CT molecular complexity index is 1670. The zero-order valence-corrected chi connectivity index (χ0v) is 22.0. The van der Waals surface area contributed by atoms with Gasteiger partial charge in [-0.05, 0) is 65.1 Å². The van der Waals surface area contributed by atoms with E-state index in [0.29, 0.717) is 49.8 Å². The van der Waals surface area contributed by atoms with Gasteiger partial charge in [0.1, 0.15) is 11.9 Å². The molecule has 198 valence electrons. The number of fused-ring (bicyclic) bond motifs is 1. The number of benzene rings is 3. The zero-order chi connectivity index (χ0) is 26.9. The molecule has 0 spiro atoms. The van der Waals surface area contributed by atoms with Crippen LogP contribution >= 0.6 is 0 Å². The zero-order valence-electron chi connectivity index (χ0n) is 22.0. The molecule has 0 amide bonds. The fourth-order valence-electron chi connectivity index (χ4n) is 5.61. The molecule has 0 saturated carbocycles. The lowest BCUT2D eigenvalue weighted by Gasteiger charge is -2.39. The third-order valence-electron chi connectivity index (χ3n) is 7.47. The molecule has 39 heavy (non-hydrogen) atoms. The van der Waals surface area contributed by atoms with Crippen molar-refractivity contribution in [1.29, 1.82) is 0 Å². The average molecular weight is 524 g/mol. The maximum absolute atomic E-state index is 14.5. The van der Waals surface area contributed by atoms with Crippen LogP contribution in [0.2, 0.25) is 0 Å². The highest BCUT2D eigenvalue weighted by Gasteiger charge is 2.33. The van der Waals surface area contributed by atoms with Crippen LogP contribution < -0.4 is 10.5 Å². The molecule has 5 aromatic rings. The van der Waals surface area contributed by atoms with E-state index in [2.05, 4.69) is 44.5 Å². The van der Waals surface area contributed by atoms with E-state index in [1.54, 1.807) is 10.7 Å². The predicted molar refractivity (Wildman–Crippen MR) is 149 cm³/mol. The van der Waals surface area contributed by atoms with Crippen molar-refractivity contribution in [2.24, 2.45) is 0 Å². The van der Waals surface area contributed by atoms with Crippen molar-refractivity contribution in [2.45, 2.75) is 26.4 Å². The number of hydrogen-bond acceptors (Lipinski definition) is 6. The number of H-pyrrole nitrogens is 1. The number of anilines is 1. The largest absolute Gasteiger partial charge is 0.367 e. The van der Waals surface area contributed by atoms with Crippen LogP contribution in [0, 0.1) is 19.7 Å². The van der Waals surface area contributed by atoms with E-state index in [0.717, 1.165) is 27.6 Å². The van der Waals surface area contributed by atoms with Crippen molar-refractivity contribution in [2.75, 3.05) is 31.1 Å². The Balaban J connectivity index is 1.41. The van der Waals surface area contributed by atoms with E-state index in [-0.39, 0.29) is 11.4 Å². The minimum absolute atomic E-state index is 0.162. The van der Waals surface area contributed by atoms with E-state index in [1.807, 2.05) is 60.4 Å². The maximum Gasteiger partial charge on any atom is 0.253 e. The molecule has 1 N–H and O–H groups in total. The van der Waals surface area contributed by atoms with Gasteiger partial charge in [0.15, 0.2) is 5.82 Å². The van der Waals surface area contributed by atoms with Gasteiger partial charge < -0.3 is 9.88 Å². The van der Waals surface area contributed by atoms with Gasteiger partial charge in [0.05, 0.1) is 17.7 Å². The van der Waals surface area contributed by atoms with Crippen molar-refractivity contribution in [3.63, 3.8) is 0 Å². The molecule has 0 unspecified atom stereocenters. The monoisotopic (exact) mass is 523 g/mol. The SMILES string of the molecule is Cc1cc(C)c2[nH]c(=O)c([C@@H](c3nnnn3Cc3ccccc3)N3CCN(c4ccccc4F)CC3)cc2c1. The molecule has 1 fully saturated rings. The molecule has 0 aliphatic carbocycles. The van der Waals surface area contributed by atoms with E-state index >= 15 is 0 Å². The fourth-order valence-corrected chi connectivity index (χ4v) is 5.61. The number of para-hydroxylation sites is 1. The van der Waals surface area contributed by atoms with Crippen molar-refractivity contribution < 1.29 is 4.39 Å². The number of aromatic nitrogens is 5. The van der Waals surface area contributed by atoms with Crippen molar-refractivity contribution in [3.05, 3.63) is 117 Å². The lowest BCUT2D eigenvalue weighted by molar-refractivity contribution is 0.200. The molecule has 8 nitrogen and oxygen atoms in total. The van der Waals surface area contributed by atoms with Gasteiger partial charge in [-0.15, -0.1) is 5.10 Å². The molecule has 1 aliphatic heterocycles. The topological polar surface area (TPSA) is 82.9 Å². The average Bonchev–Trinajstić information content (AvgIpc) is 3.38. The van der Waals surface area contributed by atoms with Crippen LogP contribution in [0.4, 0.5) is 10.1 Å². The molecular weight excluding hydrogens is 493 g/mol. The Morgan fingerprint density at radius 2 is 1.69 bits per heavy atom. The van der Waals surface area contributed by atoms with Crippen LogP contribution in [0.5, 0.6) is 0 Å².